The minimum absolute atomic E-state index is 0.214. The van der Waals surface area contributed by atoms with E-state index in [1.54, 1.807) is 12.1 Å². The van der Waals surface area contributed by atoms with Crippen molar-refractivity contribution in [2.24, 2.45) is 11.7 Å². The number of ether oxygens (including phenoxy) is 1. The number of amides is 2. The fraction of sp³-hybridized carbons (Fsp3) is 0.500. The highest BCUT2D eigenvalue weighted by atomic mass is 16.5. The van der Waals surface area contributed by atoms with Crippen molar-refractivity contribution < 1.29 is 29.3 Å². The van der Waals surface area contributed by atoms with Gasteiger partial charge in [0.25, 0.3) is 5.91 Å². The molecule has 1 aromatic heterocycles. The van der Waals surface area contributed by atoms with Gasteiger partial charge in [0.2, 0.25) is 5.91 Å². The molecule has 4 rings (SSSR count). The SMILES string of the molecule is CC(N)[C@H](Oc1ccc(C(=O)NC2CCCN(C(=O)C(CO)CC(=O)O)C2)nc1)c1ccc(C2CC2)cc1. The number of hydrogen-bond acceptors (Lipinski definition) is 7. The number of nitrogens with zero attached hydrogens (tertiary/aromatic N) is 2. The number of carbonyl (C=O) groups excluding carboxylic acids is 2. The van der Waals surface area contributed by atoms with E-state index >= 15 is 0 Å². The lowest BCUT2D eigenvalue weighted by molar-refractivity contribution is -0.146. The first-order valence-electron chi connectivity index (χ1n) is 13.2. The second-order valence-electron chi connectivity index (χ2n) is 10.3. The van der Waals surface area contributed by atoms with Gasteiger partial charge in [-0.15, -0.1) is 0 Å². The van der Waals surface area contributed by atoms with Gasteiger partial charge in [-0.05, 0) is 61.8 Å². The Bertz CT molecular complexity index is 1120. The monoisotopic (exact) mass is 524 g/mol. The average Bonchev–Trinajstić information content (AvgIpc) is 3.76. The molecule has 2 fully saturated rings. The molecule has 0 spiro atoms. The van der Waals surface area contributed by atoms with E-state index in [0.717, 1.165) is 5.56 Å². The minimum Gasteiger partial charge on any atom is -0.482 e. The van der Waals surface area contributed by atoms with Crippen LogP contribution in [-0.2, 0) is 9.59 Å². The number of benzene rings is 1. The van der Waals surface area contributed by atoms with Crippen LogP contribution >= 0.6 is 0 Å². The molecule has 10 nitrogen and oxygen atoms in total. The molecule has 38 heavy (non-hydrogen) atoms. The molecule has 2 amide bonds. The molecule has 2 aromatic rings. The van der Waals surface area contributed by atoms with Gasteiger partial charge in [-0.3, -0.25) is 14.4 Å². The lowest BCUT2D eigenvalue weighted by Crippen LogP contribution is -2.51. The number of aliphatic carboxylic acids is 1. The van der Waals surface area contributed by atoms with Gasteiger partial charge in [0, 0.05) is 25.2 Å². The summed E-state index contributed by atoms with van der Waals surface area (Å²) in [5, 5.41) is 21.3. The maximum Gasteiger partial charge on any atom is 0.304 e. The van der Waals surface area contributed by atoms with E-state index in [1.165, 1.54) is 29.5 Å². The number of pyridine rings is 1. The van der Waals surface area contributed by atoms with E-state index < -0.39 is 30.8 Å². The highest BCUT2D eigenvalue weighted by Gasteiger charge is 2.31. The minimum atomic E-state index is -1.14. The summed E-state index contributed by atoms with van der Waals surface area (Å²) in [6, 6.07) is 11.1. The van der Waals surface area contributed by atoms with Crippen LogP contribution in [0.1, 0.15) is 72.7 Å². The van der Waals surface area contributed by atoms with Gasteiger partial charge < -0.3 is 30.9 Å². The summed E-state index contributed by atoms with van der Waals surface area (Å²) in [4.78, 5) is 42.2. The Morgan fingerprint density at radius 3 is 2.47 bits per heavy atom. The molecule has 1 aliphatic heterocycles. The molecule has 3 unspecified atom stereocenters. The normalized spacial score (nSPS) is 19.8. The van der Waals surface area contributed by atoms with Crippen LogP contribution in [0, 0.1) is 5.92 Å². The Morgan fingerprint density at radius 1 is 1.16 bits per heavy atom. The molecule has 2 aliphatic rings. The van der Waals surface area contributed by atoms with Crippen molar-refractivity contribution in [3.8, 4) is 5.75 Å². The van der Waals surface area contributed by atoms with Crippen LogP contribution in [0.25, 0.3) is 0 Å². The standard InChI is InChI=1S/C28H36N4O6/c1-17(29)26(20-8-6-19(7-9-20)18-4-5-18)38-23-10-11-24(30-14-23)27(36)31-22-3-2-12-32(15-22)28(37)21(16-33)13-25(34)35/h6-11,14,17-18,21-22,26,33H,2-5,12-13,15-16,29H2,1H3,(H,31,36)(H,34,35)/t17?,21?,22?,26-/m0/s1. The molecule has 1 aromatic carbocycles. The number of aromatic nitrogens is 1. The summed E-state index contributed by atoms with van der Waals surface area (Å²) >= 11 is 0. The third-order valence-corrected chi connectivity index (χ3v) is 7.08. The van der Waals surface area contributed by atoms with Crippen LogP contribution in [0.15, 0.2) is 42.6 Å². The molecule has 1 aliphatic carbocycles. The van der Waals surface area contributed by atoms with Gasteiger partial charge in [-0.1, -0.05) is 24.3 Å². The number of carbonyl (C=O) groups is 3. The lowest BCUT2D eigenvalue weighted by atomic mass is 10.0. The van der Waals surface area contributed by atoms with Crippen molar-refractivity contribution in [2.45, 2.75) is 63.1 Å². The fourth-order valence-electron chi connectivity index (χ4n) is 4.84. The van der Waals surface area contributed by atoms with Gasteiger partial charge in [0.05, 0.1) is 25.1 Å². The predicted molar refractivity (Wildman–Crippen MR) is 140 cm³/mol. The molecule has 0 bridgehead atoms. The van der Waals surface area contributed by atoms with E-state index in [4.69, 9.17) is 15.6 Å². The van der Waals surface area contributed by atoms with E-state index in [1.807, 2.05) is 6.92 Å². The van der Waals surface area contributed by atoms with Crippen molar-refractivity contribution in [1.82, 2.24) is 15.2 Å². The quantitative estimate of drug-likeness (QED) is 0.349. The van der Waals surface area contributed by atoms with E-state index in [0.29, 0.717) is 31.1 Å². The number of aliphatic hydroxyl groups is 1. The molecule has 0 radical (unpaired) electrons. The Hall–Kier alpha value is -3.50. The van der Waals surface area contributed by atoms with Crippen LogP contribution in [-0.4, -0.2) is 69.7 Å². The number of piperidine rings is 1. The third-order valence-electron chi connectivity index (χ3n) is 7.08. The van der Waals surface area contributed by atoms with Gasteiger partial charge >= 0.3 is 5.97 Å². The Labute approximate surface area is 222 Å². The van der Waals surface area contributed by atoms with E-state index in [2.05, 4.69) is 34.6 Å². The Morgan fingerprint density at radius 2 is 1.89 bits per heavy atom. The first kappa shape index (κ1) is 27.5. The number of hydrogen-bond donors (Lipinski definition) is 4. The number of carboxylic acid groups (broad SMARTS) is 1. The summed E-state index contributed by atoms with van der Waals surface area (Å²) in [6.07, 6.45) is 4.52. The zero-order valence-electron chi connectivity index (χ0n) is 21.6. The number of rotatable bonds is 11. The molecule has 10 heteroatoms. The number of nitrogens with one attached hydrogen (secondary N) is 1. The van der Waals surface area contributed by atoms with Gasteiger partial charge in [-0.2, -0.15) is 0 Å². The molecule has 1 saturated heterocycles. The molecule has 5 N–H and O–H groups in total. The number of aliphatic hydroxyl groups excluding tert-OH is 1. The van der Waals surface area contributed by atoms with Gasteiger partial charge in [0.15, 0.2) is 0 Å². The van der Waals surface area contributed by atoms with Gasteiger partial charge in [0.1, 0.15) is 17.5 Å². The van der Waals surface area contributed by atoms with Crippen molar-refractivity contribution in [2.75, 3.05) is 19.7 Å². The summed E-state index contributed by atoms with van der Waals surface area (Å²) in [6.45, 7) is 2.05. The van der Waals surface area contributed by atoms with Crippen LogP contribution < -0.4 is 15.8 Å². The van der Waals surface area contributed by atoms with Crippen LogP contribution in [0.5, 0.6) is 5.75 Å². The Balaban J connectivity index is 1.33. The van der Waals surface area contributed by atoms with Crippen LogP contribution in [0.4, 0.5) is 0 Å². The number of carboxylic acids is 1. The second kappa shape index (κ2) is 12.4. The maximum absolute atomic E-state index is 12.8. The summed E-state index contributed by atoms with van der Waals surface area (Å²) in [5.74, 6) is -1.76. The van der Waals surface area contributed by atoms with Crippen molar-refractivity contribution in [3.63, 3.8) is 0 Å². The maximum atomic E-state index is 12.8. The largest absolute Gasteiger partial charge is 0.482 e. The zero-order chi connectivity index (χ0) is 27.2. The number of likely N-dealkylation sites (tertiary alicyclic amines) is 1. The molecule has 2 heterocycles. The second-order valence-corrected chi connectivity index (χ2v) is 10.3. The average molecular weight is 525 g/mol. The van der Waals surface area contributed by atoms with Gasteiger partial charge in [-0.25, -0.2) is 4.98 Å². The Kier molecular flexibility index (Phi) is 8.96. The summed E-state index contributed by atoms with van der Waals surface area (Å²) in [7, 11) is 0. The van der Waals surface area contributed by atoms with Crippen LogP contribution in [0.3, 0.4) is 0 Å². The van der Waals surface area contributed by atoms with Crippen LogP contribution in [0.2, 0.25) is 0 Å². The van der Waals surface area contributed by atoms with Crippen molar-refractivity contribution >= 4 is 17.8 Å². The molecule has 204 valence electrons. The van der Waals surface area contributed by atoms with E-state index in [-0.39, 0.29) is 36.3 Å². The summed E-state index contributed by atoms with van der Waals surface area (Å²) < 4.78 is 6.14. The van der Waals surface area contributed by atoms with Crippen molar-refractivity contribution in [3.05, 3.63) is 59.4 Å². The third kappa shape index (κ3) is 7.08. The zero-order valence-corrected chi connectivity index (χ0v) is 21.6. The van der Waals surface area contributed by atoms with Crippen molar-refractivity contribution in [1.29, 1.82) is 0 Å². The predicted octanol–water partition coefficient (Wildman–Crippen LogP) is 2.23. The number of nitrogens with two attached hydrogens (primary N) is 1. The molecule has 1 saturated carbocycles. The first-order valence-corrected chi connectivity index (χ1v) is 13.2. The summed E-state index contributed by atoms with van der Waals surface area (Å²) in [5.41, 5.74) is 8.75. The smallest absolute Gasteiger partial charge is 0.304 e. The highest BCUT2D eigenvalue weighted by Crippen LogP contribution is 2.40. The molecular formula is C28H36N4O6. The van der Waals surface area contributed by atoms with E-state index in [9.17, 15) is 19.5 Å². The molecule has 4 atom stereocenters. The highest BCUT2D eigenvalue weighted by molar-refractivity contribution is 5.92. The lowest BCUT2D eigenvalue weighted by Gasteiger charge is -2.34. The first-order chi connectivity index (χ1) is 18.2. The molecular weight excluding hydrogens is 488 g/mol. The topological polar surface area (TPSA) is 155 Å². The fourth-order valence-corrected chi connectivity index (χ4v) is 4.84.